The van der Waals surface area contributed by atoms with E-state index in [0.29, 0.717) is 22.3 Å². The number of fused-ring (bicyclic) bond motifs is 1. The van der Waals surface area contributed by atoms with E-state index in [9.17, 15) is 14.4 Å². The van der Waals surface area contributed by atoms with E-state index < -0.39 is 18.0 Å². The van der Waals surface area contributed by atoms with Gasteiger partial charge < -0.3 is 10.1 Å². The number of carbonyl (C=O) groups excluding carboxylic acids is 2. The summed E-state index contributed by atoms with van der Waals surface area (Å²) in [5.41, 5.74) is 1.77. The molecule has 0 unspecified atom stereocenters. The predicted molar refractivity (Wildman–Crippen MR) is 115 cm³/mol. The van der Waals surface area contributed by atoms with E-state index in [-0.39, 0.29) is 16.9 Å². The van der Waals surface area contributed by atoms with Crippen molar-refractivity contribution in [3.63, 3.8) is 0 Å². The first-order valence-electron chi connectivity index (χ1n) is 9.67. The van der Waals surface area contributed by atoms with Gasteiger partial charge in [-0.25, -0.2) is 9.48 Å². The van der Waals surface area contributed by atoms with E-state index in [4.69, 9.17) is 4.74 Å². The summed E-state index contributed by atoms with van der Waals surface area (Å²) in [6, 6.07) is 16.2. The van der Waals surface area contributed by atoms with Crippen molar-refractivity contribution in [2.45, 2.75) is 20.0 Å². The van der Waals surface area contributed by atoms with Crippen molar-refractivity contribution in [2.24, 2.45) is 7.05 Å². The maximum Gasteiger partial charge on any atom is 0.360 e. The van der Waals surface area contributed by atoms with Crippen molar-refractivity contribution >= 4 is 28.5 Å². The van der Waals surface area contributed by atoms with E-state index in [1.165, 1.54) is 11.6 Å². The standard InChI is InChI=1S/C22H21N5O4/c1-13-18(21(29)27(26(13)3)15-9-5-4-6-10-15)23-20(28)14(2)31-22(30)19-16-11-7-8-12-17(16)24-25-19/h4-12,14H,1-3H3,(H,23,28)(H,24,25)/t14-/m0/s1. The molecule has 2 aromatic carbocycles. The van der Waals surface area contributed by atoms with E-state index in [1.54, 1.807) is 49.0 Å². The van der Waals surface area contributed by atoms with Gasteiger partial charge in [-0.1, -0.05) is 36.4 Å². The van der Waals surface area contributed by atoms with Crippen molar-refractivity contribution in [1.82, 2.24) is 19.6 Å². The van der Waals surface area contributed by atoms with Crippen molar-refractivity contribution in [2.75, 3.05) is 5.32 Å². The maximum atomic E-state index is 12.9. The SMILES string of the molecule is Cc1c(NC(=O)[C@H](C)OC(=O)c2n[nH]c3ccccc23)c(=O)n(-c2ccccc2)n1C. The van der Waals surface area contributed by atoms with Crippen LogP contribution in [0.25, 0.3) is 16.6 Å². The normalized spacial score (nSPS) is 12.0. The number of hydrogen-bond donors (Lipinski definition) is 2. The Morgan fingerprint density at radius 3 is 2.52 bits per heavy atom. The van der Waals surface area contributed by atoms with Crippen LogP contribution in [0.2, 0.25) is 0 Å². The lowest BCUT2D eigenvalue weighted by Gasteiger charge is -2.12. The molecule has 0 fully saturated rings. The van der Waals surface area contributed by atoms with Crippen LogP contribution in [0.3, 0.4) is 0 Å². The smallest absolute Gasteiger partial charge is 0.360 e. The molecule has 0 saturated heterocycles. The second-order valence-corrected chi connectivity index (χ2v) is 7.09. The number of amides is 1. The predicted octanol–water partition coefficient (Wildman–Crippen LogP) is 2.54. The van der Waals surface area contributed by atoms with Gasteiger partial charge in [0, 0.05) is 12.4 Å². The van der Waals surface area contributed by atoms with Crippen LogP contribution in [0, 0.1) is 6.92 Å². The van der Waals surface area contributed by atoms with Crippen LogP contribution < -0.4 is 10.9 Å². The first-order valence-corrected chi connectivity index (χ1v) is 9.67. The molecule has 0 spiro atoms. The van der Waals surface area contributed by atoms with Crippen molar-refractivity contribution in [3.8, 4) is 5.69 Å². The monoisotopic (exact) mass is 419 g/mol. The summed E-state index contributed by atoms with van der Waals surface area (Å²) >= 11 is 0. The number of anilines is 1. The van der Waals surface area contributed by atoms with Crippen LogP contribution in [-0.4, -0.2) is 37.5 Å². The van der Waals surface area contributed by atoms with Crippen LogP contribution in [0.5, 0.6) is 0 Å². The highest BCUT2D eigenvalue weighted by Gasteiger charge is 2.25. The van der Waals surface area contributed by atoms with E-state index >= 15 is 0 Å². The molecule has 9 heteroatoms. The number of H-pyrrole nitrogens is 1. The minimum Gasteiger partial charge on any atom is -0.448 e. The molecule has 2 N–H and O–H groups in total. The van der Waals surface area contributed by atoms with Crippen LogP contribution in [0.1, 0.15) is 23.1 Å². The molecular formula is C22H21N5O4. The molecule has 4 aromatic rings. The molecule has 0 saturated carbocycles. The zero-order chi connectivity index (χ0) is 22.1. The summed E-state index contributed by atoms with van der Waals surface area (Å²) in [5.74, 6) is -1.34. The Kier molecular flexibility index (Phi) is 5.16. The minimum atomic E-state index is -1.13. The Morgan fingerprint density at radius 2 is 1.77 bits per heavy atom. The molecule has 0 bridgehead atoms. The summed E-state index contributed by atoms with van der Waals surface area (Å²) in [7, 11) is 1.73. The van der Waals surface area contributed by atoms with Gasteiger partial charge in [0.25, 0.3) is 11.5 Å². The molecule has 158 valence electrons. The summed E-state index contributed by atoms with van der Waals surface area (Å²) in [6.45, 7) is 3.17. The Hall–Kier alpha value is -4.14. The second-order valence-electron chi connectivity index (χ2n) is 7.09. The number of para-hydroxylation sites is 2. The number of esters is 1. The molecule has 1 amide bonds. The van der Waals surface area contributed by atoms with Crippen molar-refractivity contribution in [3.05, 3.63) is 76.3 Å². The van der Waals surface area contributed by atoms with Gasteiger partial charge in [0.2, 0.25) is 0 Å². The molecule has 0 radical (unpaired) electrons. The highest BCUT2D eigenvalue weighted by Crippen LogP contribution is 2.18. The third-order valence-corrected chi connectivity index (χ3v) is 5.12. The van der Waals surface area contributed by atoms with Crippen LogP contribution in [0.4, 0.5) is 5.69 Å². The third-order valence-electron chi connectivity index (χ3n) is 5.12. The molecule has 2 heterocycles. The second kappa shape index (κ2) is 7.94. The van der Waals surface area contributed by atoms with Crippen LogP contribution in [-0.2, 0) is 16.6 Å². The average molecular weight is 419 g/mol. The molecule has 2 aromatic heterocycles. The Bertz CT molecular complexity index is 1330. The number of rotatable bonds is 5. The number of hydrogen-bond acceptors (Lipinski definition) is 5. The minimum absolute atomic E-state index is 0.0950. The fourth-order valence-corrected chi connectivity index (χ4v) is 3.33. The fraction of sp³-hybridized carbons (Fsp3) is 0.182. The van der Waals surface area contributed by atoms with E-state index in [0.717, 1.165) is 0 Å². The summed E-state index contributed by atoms with van der Waals surface area (Å²) in [6.07, 6.45) is -1.13. The number of aromatic amines is 1. The Labute approximate surface area is 177 Å². The van der Waals surface area contributed by atoms with Gasteiger partial charge in [0.1, 0.15) is 5.69 Å². The molecule has 0 aliphatic carbocycles. The number of carbonyl (C=O) groups is 2. The highest BCUT2D eigenvalue weighted by atomic mass is 16.5. The molecule has 9 nitrogen and oxygen atoms in total. The highest BCUT2D eigenvalue weighted by molar-refractivity contribution is 6.03. The zero-order valence-electron chi connectivity index (χ0n) is 17.2. The largest absolute Gasteiger partial charge is 0.448 e. The lowest BCUT2D eigenvalue weighted by Crippen LogP contribution is -2.32. The molecule has 31 heavy (non-hydrogen) atoms. The van der Waals surface area contributed by atoms with Gasteiger partial charge in [0.15, 0.2) is 11.8 Å². The van der Waals surface area contributed by atoms with Crippen molar-refractivity contribution < 1.29 is 14.3 Å². The zero-order valence-corrected chi connectivity index (χ0v) is 17.2. The van der Waals surface area contributed by atoms with E-state index in [1.807, 2.05) is 24.3 Å². The molecule has 0 aliphatic rings. The fourth-order valence-electron chi connectivity index (χ4n) is 3.33. The lowest BCUT2D eigenvalue weighted by molar-refractivity contribution is -0.123. The number of nitrogens with zero attached hydrogens (tertiary/aromatic N) is 3. The topological polar surface area (TPSA) is 111 Å². The summed E-state index contributed by atoms with van der Waals surface area (Å²) < 4.78 is 8.40. The summed E-state index contributed by atoms with van der Waals surface area (Å²) in [5, 5.41) is 9.93. The number of benzene rings is 2. The van der Waals surface area contributed by atoms with Gasteiger partial charge in [0.05, 0.1) is 16.9 Å². The quantitative estimate of drug-likeness (QED) is 0.483. The summed E-state index contributed by atoms with van der Waals surface area (Å²) in [4.78, 5) is 38.1. The lowest BCUT2D eigenvalue weighted by atomic mass is 10.2. The molecular weight excluding hydrogens is 398 g/mol. The molecule has 4 rings (SSSR count). The average Bonchev–Trinajstić information content (AvgIpc) is 3.29. The van der Waals surface area contributed by atoms with Gasteiger partial charge >= 0.3 is 5.97 Å². The van der Waals surface area contributed by atoms with Gasteiger partial charge in [-0.05, 0) is 32.0 Å². The van der Waals surface area contributed by atoms with Crippen LogP contribution >= 0.6 is 0 Å². The number of nitrogens with one attached hydrogen (secondary N) is 2. The third kappa shape index (κ3) is 3.61. The van der Waals surface area contributed by atoms with Crippen LogP contribution in [0.15, 0.2) is 59.4 Å². The molecule has 1 atom stereocenters. The number of ether oxygens (including phenoxy) is 1. The van der Waals surface area contributed by atoms with E-state index in [2.05, 4.69) is 15.5 Å². The first-order chi connectivity index (χ1) is 14.9. The van der Waals surface area contributed by atoms with Gasteiger partial charge in [-0.3, -0.25) is 19.4 Å². The number of aromatic nitrogens is 4. The molecule has 0 aliphatic heterocycles. The van der Waals surface area contributed by atoms with Gasteiger partial charge in [-0.15, -0.1) is 0 Å². The Morgan fingerprint density at radius 1 is 1.10 bits per heavy atom. The Balaban J connectivity index is 1.53. The maximum absolute atomic E-state index is 12.9. The first kappa shape index (κ1) is 20.1. The van der Waals surface area contributed by atoms with Gasteiger partial charge in [-0.2, -0.15) is 5.10 Å². The van der Waals surface area contributed by atoms with Crippen molar-refractivity contribution in [1.29, 1.82) is 0 Å².